The van der Waals surface area contributed by atoms with Gasteiger partial charge in [0.2, 0.25) is 0 Å². The Morgan fingerprint density at radius 3 is 2.10 bits per heavy atom. The number of ketones is 2. The number of hydrogen-bond acceptors (Lipinski definition) is 4. The second kappa shape index (κ2) is 7.02. The first-order valence-corrected chi connectivity index (χ1v) is 7.81. The molecule has 20 heavy (non-hydrogen) atoms. The summed E-state index contributed by atoms with van der Waals surface area (Å²) in [5.41, 5.74) is 2.31. The Bertz CT molecular complexity index is 512. The fraction of sp³-hybridized carbons (Fsp3) is 0.562. The van der Waals surface area contributed by atoms with Crippen molar-refractivity contribution in [3.63, 3.8) is 0 Å². The second-order valence-corrected chi connectivity index (χ2v) is 6.67. The van der Waals surface area contributed by atoms with Crippen LogP contribution in [-0.4, -0.2) is 21.9 Å². The number of hydrogen-bond donors (Lipinski definition) is 0. The van der Waals surface area contributed by atoms with Gasteiger partial charge in [0.25, 0.3) is 0 Å². The third-order valence-corrected chi connectivity index (χ3v) is 5.05. The molecular weight excluding hydrogens is 272 g/mol. The molecule has 0 radical (unpaired) electrons. The Labute approximate surface area is 124 Å². The summed E-state index contributed by atoms with van der Waals surface area (Å²) in [6.07, 6.45) is 2.20. The molecule has 0 aromatic rings. The molecule has 0 aromatic carbocycles. The molecule has 1 aliphatic rings. The molecule has 0 spiro atoms. The molecule has 1 rings (SSSR count). The van der Waals surface area contributed by atoms with E-state index < -0.39 is 0 Å². The van der Waals surface area contributed by atoms with Gasteiger partial charge >= 0.3 is 0 Å². The van der Waals surface area contributed by atoms with Crippen LogP contribution in [0.2, 0.25) is 0 Å². The summed E-state index contributed by atoms with van der Waals surface area (Å²) in [5.74, 6) is -0.0355. The van der Waals surface area contributed by atoms with Crippen molar-refractivity contribution in [1.29, 1.82) is 0 Å². The largest absolute Gasteiger partial charge is 0.289 e. The van der Waals surface area contributed by atoms with Gasteiger partial charge in [0.15, 0.2) is 16.7 Å². The van der Waals surface area contributed by atoms with Gasteiger partial charge in [-0.2, -0.15) is 0 Å². The minimum atomic E-state index is -0.0237. The first-order chi connectivity index (χ1) is 9.29. The van der Waals surface area contributed by atoms with Gasteiger partial charge in [0.05, 0.1) is 0 Å². The van der Waals surface area contributed by atoms with Crippen molar-refractivity contribution < 1.29 is 14.4 Å². The van der Waals surface area contributed by atoms with Crippen molar-refractivity contribution in [2.24, 2.45) is 0 Å². The number of thioether (sulfide) groups is 1. The first-order valence-electron chi connectivity index (χ1n) is 6.93. The molecule has 1 unspecified atom stereocenters. The molecule has 0 saturated heterocycles. The minimum absolute atomic E-state index is 0.0118. The topological polar surface area (TPSA) is 51.2 Å². The van der Waals surface area contributed by atoms with Crippen molar-refractivity contribution in [2.45, 2.75) is 59.1 Å². The quantitative estimate of drug-likeness (QED) is 0.727. The molecule has 0 aromatic heterocycles. The van der Waals surface area contributed by atoms with Crippen molar-refractivity contribution in [3.8, 4) is 0 Å². The van der Waals surface area contributed by atoms with E-state index in [1.54, 1.807) is 27.7 Å². The van der Waals surface area contributed by atoms with E-state index in [1.165, 1.54) is 11.8 Å². The Kier molecular flexibility index (Phi) is 5.93. The maximum absolute atomic E-state index is 12.3. The van der Waals surface area contributed by atoms with Gasteiger partial charge in [-0.05, 0) is 40.0 Å². The number of carbonyl (C=O) groups excluding carboxylic acids is 3. The second-order valence-electron chi connectivity index (χ2n) is 5.19. The van der Waals surface area contributed by atoms with Gasteiger partial charge in [-0.15, -0.1) is 0 Å². The summed E-state index contributed by atoms with van der Waals surface area (Å²) in [6.45, 7) is 8.73. The number of Topliss-reactive ketones (excluding diaryl/α,β-unsaturated/α-hetero) is 2. The van der Waals surface area contributed by atoms with E-state index in [9.17, 15) is 14.4 Å². The molecular formula is C16H22O3S. The van der Waals surface area contributed by atoms with Gasteiger partial charge in [0.1, 0.15) is 0 Å². The van der Waals surface area contributed by atoms with Crippen LogP contribution >= 0.6 is 11.8 Å². The number of allylic oxidation sites excluding steroid dienone is 4. The Morgan fingerprint density at radius 1 is 1.05 bits per heavy atom. The highest BCUT2D eigenvalue weighted by Gasteiger charge is 2.27. The molecule has 4 heteroatoms. The highest BCUT2D eigenvalue weighted by molar-refractivity contribution is 8.14. The lowest BCUT2D eigenvalue weighted by Crippen LogP contribution is -2.21. The van der Waals surface area contributed by atoms with Crippen molar-refractivity contribution >= 4 is 28.4 Å². The lowest BCUT2D eigenvalue weighted by Gasteiger charge is -2.20. The first kappa shape index (κ1) is 16.9. The molecule has 0 aliphatic heterocycles. The zero-order chi connectivity index (χ0) is 15.4. The van der Waals surface area contributed by atoms with Gasteiger partial charge < -0.3 is 0 Å². The molecule has 0 saturated carbocycles. The fourth-order valence-corrected chi connectivity index (χ4v) is 3.21. The van der Waals surface area contributed by atoms with Crippen LogP contribution in [0.3, 0.4) is 0 Å². The summed E-state index contributed by atoms with van der Waals surface area (Å²) in [4.78, 5) is 35.5. The number of rotatable bonds is 5. The fourth-order valence-electron chi connectivity index (χ4n) is 2.34. The molecule has 0 bridgehead atoms. The summed E-state index contributed by atoms with van der Waals surface area (Å²) in [5, 5.41) is 0.309. The van der Waals surface area contributed by atoms with Crippen LogP contribution < -0.4 is 0 Å². The summed E-state index contributed by atoms with van der Waals surface area (Å²) >= 11 is 1.32. The summed E-state index contributed by atoms with van der Waals surface area (Å²) in [7, 11) is 0. The SMILES string of the molecule is CCC(CCC1=C(C)C(=O)C(C)=C(C)C1=O)SC(C)=O. The Balaban J connectivity index is 2.84. The molecule has 0 N–H and O–H groups in total. The minimum Gasteiger partial charge on any atom is -0.289 e. The lowest BCUT2D eigenvalue weighted by molar-refractivity contribution is -0.116. The monoisotopic (exact) mass is 294 g/mol. The molecule has 3 nitrogen and oxygen atoms in total. The molecule has 0 fully saturated rings. The summed E-state index contributed by atoms with van der Waals surface area (Å²) in [6, 6.07) is 0. The van der Waals surface area contributed by atoms with Gasteiger partial charge in [0, 0.05) is 34.5 Å². The van der Waals surface area contributed by atoms with Gasteiger partial charge in [-0.3, -0.25) is 14.4 Å². The average Bonchev–Trinajstić information content (AvgIpc) is 2.41. The van der Waals surface area contributed by atoms with Crippen LogP contribution in [-0.2, 0) is 14.4 Å². The van der Waals surface area contributed by atoms with Crippen LogP contribution in [0.25, 0.3) is 0 Å². The predicted octanol–water partition coefficient (Wildman–Crippen LogP) is 3.63. The van der Waals surface area contributed by atoms with Crippen LogP contribution in [0, 0.1) is 0 Å². The normalized spacial score (nSPS) is 17.9. The molecule has 0 amide bonds. The van der Waals surface area contributed by atoms with Gasteiger partial charge in [-0.1, -0.05) is 18.7 Å². The van der Waals surface area contributed by atoms with Crippen LogP contribution in [0.15, 0.2) is 22.3 Å². The van der Waals surface area contributed by atoms with E-state index in [-0.39, 0.29) is 21.9 Å². The van der Waals surface area contributed by atoms with E-state index in [4.69, 9.17) is 0 Å². The van der Waals surface area contributed by atoms with E-state index in [1.807, 2.05) is 6.92 Å². The van der Waals surface area contributed by atoms with Gasteiger partial charge in [-0.25, -0.2) is 0 Å². The maximum atomic E-state index is 12.3. The standard InChI is InChI=1S/C16H22O3S/c1-6-13(20-12(5)17)7-8-14-11(4)15(18)9(2)10(3)16(14)19/h13H,6-8H2,1-5H3. The maximum Gasteiger partial charge on any atom is 0.186 e. The zero-order valence-corrected chi connectivity index (χ0v) is 13.6. The zero-order valence-electron chi connectivity index (χ0n) is 12.8. The molecule has 1 aliphatic carbocycles. The van der Waals surface area contributed by atoms with Crippen LogP contribution in [0.1, 0.15) is 53.9 Å². The average molecular weight is 294 g/mol. The van der Waals surface area contributed by atoms with E-state index in [2.05, 4.69) is 0 Å². The third-order valence-electron chi connectivity index (χ3n) is 3.82. The lowest BCUT2D eigenvalue weighted by atomic mass is 9.84. The molecule has 1 atom stereocenters. The summed E-state index contributed by atoms with van der Waals surface area (Å²) < 4.78 is 0. The Hall–Kier alpha value is -1.16. The highest BCUT2D eigenvalue weighted by Crippen LogP contribution is 2.29. The van der Waals surface area contributed by atoms with Crippen LogP contribution in [0.4, 0.5) is 0 Å². The van der Waals surface area contributed by atoms with Crippen LogP contribution in [0.5, 0.6) is 0 Å². The van der Waals surface area contributed by atoms with Crippen molar-refractivity contribution in [1.82, 2.24) is 0 Å². The van der Waals surface area contributed by atoms with Crippen molar-refractivity contribution in [3.05, 3.63) is 22.3 Å². The predicted molar refractivity (Wildman–Crippen MR) is 82.7 cm³/mol. The Morgan fingerprint density at radius 2 is 1.60 bits per heavy atom. The van der Waals surface area contributed by atoms with Crippen molar-refractivity contribution in [2.75, 3.05) is 0 Å². The molecule has 110 valence electrons. The third kappa shape index (κ3) is 3.69. The number of carbonyl (C=O) groups is 3. The highest BCUT2D eigenvalue weighted by atomic mass is 32.2. The van der Waals surface area contributed by atoms with E-state index >= 15 is 0 Å². The van der Waals surface area contributed by atoms with E-state index in [0.717, 1.165) is 12.8 Å². The smallest absolute Gasteiger partial charge is 0.186 e. The molecule has 0 heterocycles. The van der Waals surface area contributed by atoms with E-state index in [0.29, 0.717) is 28.7 Å².